The molecule has 1 aliphatic carbocycles. The predicted octanol–water partition coefficient (Wildman–Crippen LogP) is 4.52. The van der Waals surface area contributed by atoms with Crippen molar-refractivity contribution in [2.75, 3.05) is 56.2 Å². The molecule has 1 amide bonds. The van der Waals surface area contributed by atoms with E-state index in [1.807, 2.05) is 6.20 Å². The number of amides is 1. The van der Waals surface area contributed by atoms with Crippen molar-refractivity contribution in [2.45, 2.75) is 95.2 Å². The number of anilines is 2. The zero-order chi connectivity index (χ0) is 33.7. The van der Waals surface area contributed by atoms with Crippen LogP contribution in [0.4, 0.5) is 11.5 Å². The first-order chi connectivity index (χ1) is 23.9. The van der Waals surface area contributed by atoms with Crippen molar-refractivity contribution in [3.8, 4) is 12.1 Å². The molecule has 5 aliphatic rings. The first-order valence-electron chi connectivity index (χ1n) is 18.1. The predicted molar refractivity (Wildman–Crippen MR) is 186 cm³/mol. The molecule has 49 heavy (non-hydrogen) atoms. The van der Waals surface area contributed by atoms with Crippen molar-refractivity contribution in [2.24, 2.45) is 0 Å². The van der Waals surface area contributed by atoms with Crippen molar-refractivity contribution in [1.82, 2.24) is 29.5 Å². The second-order valence-corrected chi connectivity index (χ2v) is 14.5. The molecule has 0 spiro atoms. The molecule has 0 N–H and O–H groups in total. The lowest BCUT2D eigenvalue weighted by molar-refractivity contribution is -0.128. The van der Waals surface area contributed by atoms with Gasteiger partial charge in [-0.3, -0.25) is 9.69 Å². The fourth-order valence-corrected chi connectivity index (χ4v) is 8.79. The quantitative estimate of drug-likeness (QED) is 0.318. The lowest BCUT2D eigenvalue weighted by Crippen LogP contribution is -2.55. The van der Waals surface area contributed by atoms with Gasteiger partial charge >= 0.3 is 6.01 Å². The van der Waals surface area contributed by atoms with Gasteiger partial charge in [0.2, 0.25) is 5.91 Å². The summed E-state index contributed by atoms with van der Waals surface area (Å²) >= 11 is 0. The molecule has 1 saturated carbocycles. The van der Waals surface area contributed by atoms with Crippen LogP contribution in [0.5, 0.6) is 6.01 Å². The van der Waals surface area contributed by atoms with E-state index in [0.717, 1.165) is 92.6 Å². The highest BCUT2D eigenvalue weighted by Gasteiger charge is 2.55. The molecule has 12 heteroatoms. The van der Waals surface area contributed by atoms with E-state index in [9.17, 15) is 10.1 Å². The number of nitriles is 1. The first-order valence-corrected chi connectivity index (χ1v) is 18.1. The van der Waals surface area contributed by atoms with E-state index in [0.29, 0.717) is 38.2 Å². The van der Waals surface area contributed by atoms with Crippen LogP contribution >= 0.6 is 0 Å². The Balaban J connectivity index is 1.15. The van der Waals surface area contributed by atoms with E-state index in [2.05, 4.69) is 58.1 Å². The van der Waals surface area contributed by atoms with Crippen LogP contribution in [-0.4, -0.2) is 99.5 Å². The van der Waals surface area contributed by atoms with Gasteiger partial charge in [0.05, 0.1) is 48.2 Å². The average Bonchev–Trinajstić information content (AvgIpc) is 3.53. The molecule has 3 saturated heterocycles. The van der Waals surface area contributed by atoms with Gasteiger partial charge < -0.3 is 24.2 Å². The molecule has 2 unspecified atom stereocenters. The summed E-state index contributed by atoms with van der Waals surface area (Å²) in [6, 6.07) is 7.22. The Labute approximate surface area is 288 Å². The summed E-state index contributed by atoms with van der Waals surface area (Å²) in [6.45, 7) is 10.8. The fourth-order valence-electron chi connectivity index (χ4n) is 8.79. The first kappa shape index (κ1) is 32.0. The van der Waals surface area contributed by atoms with Gasteiger partial charge in [-0.25, -0.2) is 4.68 Å². The van der Waals surface area contributed by atoms with E-state index in [1.54, 1.807) is 4.90 Å². The van der Waals surface area contributed by atoms with Crippen LogP contribution in [0.15, 0.2) is 31.0 Å². The largest absolute Gasteiger partial charge is 0.455 e. The third-order valence-corrected chi connectivity index (χ3v) is 11.5. The zero-order valence-corrected chi connectivity index (χ0v) is 28.8. The molecule has 3 atom stereocenters. The second kappa shape index (κ2) is 12.9. The number of benzene rings is 1. The van der Waals surface area contributed by atoms with Gasteiger partial charge in [0.25, 0.3) is 0 Å². The second-order valence-electron chi connectivity index (χ2n) is 14.5. The van der Waals surface area contributed by atoms with Gasteiger partial charge in [-0.1, -0.05) is 12.6 Å². The molecular formula is C37H47N9O3. The number of carbonyl (C=O) groups is 1. The Bertz CT molecular complexity index is 1790. The summed E-state index contributed by atoms with van der Waals surface area (Å²) < 4.78 is 15.0. The monoisotopic (exact) mass is 665 g/mol. The fraction of sp³-hybridized carbons (Fsp3) is 0.595. The number of nitrogens with zero attached hydrogens (tertiary/aromatic N) is 9. The van der Waals surface area contributed by atoms with Gasteiger partial charge in [0, 0.05) is 49.8 Å². The average molecular weight is 666 g/mol. The summed E-state index contributed by atoms with van der Waals surface area (Å²) in [5.41, 5.74) is 5.34. The zero-order valence-electron chi connectivity index (χ0n) is 28.8. The van der Waals surface area contributed by atoms with Crippen molar-refractivity contribution >= 4 is 28.3 Å². The lowest BCUT2D eigenvalue weighted by Gasteiger charge is -2.42. The molecule has 0 bridgehead atoms. The Morgan fingerprint density at radius 3 is 2.76 bits per heavy atom. The number of ether oxygens (including phenoxy) is 2. The molecule has 2 aromatic heterocycles. The van der Waals surface area contributed by atoms with Crippen molar-refractivity contribution in [3.63, 3.8) is 0 Å². The summed E-state index contributed by atoms with van der Waals surface area (Å²) in [5.74, 6) is 0.740. The maximum Gasteiger partial charge on any atom is 0.319 e. The van der Waals surface area contributed by atoms with Crippen molar-refractivity contribution in [1.29, 1.82) is 5.26 Å². The molecule has 3 aromatic rings. The Morgan fingerprint density at radius 2 is 2.02 bits per heavy atom. The number of likely N-dealkylation sites (tertiary alicyclic amines) is 1. The number of aryl methyl sites for hydroxylation is 1. The number of carbonyl (C=O) groups excluding carboxylic acids is 1. The molecule has 258 valence electrons. The van der Waals surface area contributed by atoms with E-state index < -0.39 is 0 Å². The van der Waals surface area contributed by atoms with E-state index in [-0.39, 0.29) is 30.2 Å². The molecule has 8 rings (SSSR count). The molecular weight excluding hydrogens is 618 g/mol. The normalized spacial score (nSPS) is 25.2. The van der Waals surface area contributed by atoms with Gasteiger partial charge in [-0.05, 0) is 89.6 Å². The van der Waals surface area contributed by atoms with Crippen molar-refractivity contribution < 1.29 is 14.3 Å². The number of aromatic nitrogens is 4. The van der Waals surface area contributed by atoms with Gasteiger partial charge in [0.1, 0.15) is 11.4 Å². The summed E-state index contributed by atoms with van der Waals surface area (Å²) in [5, 5.41) is 15.6. The van der Waals surface area contributed by atoms with Crippen LogP contribution in [0.3, 0.4) is 0 Å². The number of piperazine rings is 1. The number of rotatable bonds is 8. The van der Waals surface area contributed by atoms with Gasteiger partial charge in [-0.15, -0.1) is 0 Å². The Kier molecular flexibility index (Phi) is 8.44. The molecule has 12 nitrogen and oxygen atoms in total. The standard InChI is InChI=1S/C37H47N9O3/c1-4-32(47)45-20-19-44(23-26(45)12-16-38)35-27-13-18-43(24-29(27)40-36(41-35)49-37(14-15-37)31-8-7-17-42(31)3)34-25(2)10-11-30-28(34)22-39-46(30)33-9-5-6-21-48-33/h4,10-11,22,26,31,33H,1,5-9,12-15,17-21,23-24H2,2-3H3/t26-,31?,33?/m0/s1. The third kappa shape index (κ3) is 5.80. The van der Waals surface area contributed by atoms with E-state index >= 15 is 0 Å². The maximum atomic E-state index is 12.7. The molecule has 4 fully saturated rings. The number of hydrogen-bond donors (Lipinski definition) is 0. The minimum Gasteiger partial charge on any atom is -0.455 e. The smallest absolute Gasteiger partial charge is 0.319 e. The van der Waals surface area contributed by atoms with E-state index in [1.165, 1.54) is 23.7 Å². The lowest BCUT2D eigenvalue weighted by atomic mass is 10.0. The van der Waals surface area contributed by atoms with Crippen LogP contribution in [0.2, 0.25) is 0 Å². The highest BCUT2D eigenvalue weighted by molar-refractivity contribution is 5.94. The van der Waals surface area contributed by atoms with Gasteiger partial charge in [-0.2, -0.15) is 20.3 Å². The molecule has 1 aromatic carbocycles. The van der Waals surface area contributed by atoms with Crippen molar-refractivity contribution in [3.05, 3.63) is 47.8 Å². The third-order valence-electron chi connectivity index (χ3n) is 11.5. The van der Waals surface area contributed by atoms with E-state index in [4.69, 9.17) is 24.5 Å². The summed E-state index contributed by atoms with van der Waals surface area (Å²) in [4.78, 5) is 31.9. The highest BCUT2D eigenvalue weighted by atomic mass is 16.5. The topological polar surface area (TPSA) is 116 Å². The maximum absolute atomic E-state index is 12.7. The van der Waals surface area contributed by atoms with Gasteiger partial charge in [0.15, 0.2) is 6.23 Å². The van der Waals surface area contributed by atoms with Crippen LogP contribution in [0, 0.1) is 18.3 Å². The van der Waals surface area contributed by atoms with Crippen LogP contribution in [0.1, 0.15) is 74.4 Å². The van der Waals surface area contributed by atoms with Crippen LogP contribution in [0.25, 0.3) is 10.9 Å². The minimum absolute atomic E-state index is 0.0281. The van der Waals surface area contributed by atoms with Crippen LogP contribution < -0.4 is 14.5 Å². The molecule has 4 aliphatic heterocycles. The summed E-state index contributed by atoms with van der Waals surface area (Å²) in [6.07, 6.45) is 11.9. The number of fused-ring (bicyclic) bond motifs is 2. The summed E-state index contributed by atoms with van der Waals surface area (Å²) in [7, 11) is 2.20. The number of likely N-dealkylation sites (N-methyl/N-ethyl adjacent to an activating group) is 1. The van der Waals surface area contributed by atoms with Crippen LogP contribution in [-0.2, 0) is 22.5 Å². The molecule has 0 radical (unpaired) electrons. The minimum atomic E-state index is -0.249. The highest BCUT2D eigenvalue weighted by Crippen LogP contribution is 2.48. The Morgan fingerprint density at radius 1 is 1.14 bits per heavy atom. The molecule has 6 heterocycles. The Hall–Kier alpha value is -4.21. The SMILES string of the molecule is C=CC(=O)N1CCN(c2nc(OC3(C4CCCN4C)CC3)nc3c2CCN(c2c(C)ccc4c2cnn4C2CCCCO2)C3)C[C@@H]1CC#N. The number of hydrogen-bond acceptors (Lipinski definition) is 10.